The molecule has 6 aromatic carbocycles. The highest BCUT2D eigenvalue weighted by atomic mass is 31.2. The van der Waals surface area contributed by atoms with Gasteiger partial charge < -0.3 is 0 Å². The van der Waals surface area contributed by atoms with Crippen molar-refractivity contribution in [1.82, 2.24) is 4.44 Å². The smallest absolute Gasteiger partial charge is 0.0318 e. The summed E-state index contributed by atoms with van der Waals surface area (Å²) < 4.78 is 3.06. The molecule has 1 saturated heterocycles. The van der Waals surface area contributed by atoms with Gasteiger partial charge in [-0.15, -0.1) is 0 Å². The van der Waals surface area contributed by atoms with Crippen molar-refractivity contribution in [3.05, 3.63) is 193 Å². The van der Waals surface area contributed by atoms with Crippen LogP contribution in [0, 0.1) is 0 Å². The van der Waals surface area contributed by atoms with Crippen LogP contribution in [-0.4, -0.2) is 17.1 Å². The van der Waals surface area contributed by atoms with Gasteiger partial charge in [-0.25, -0.2) is 0 Å². The van der Waals surface area contributed by atoms with Gasteiger partial charge in [-0.05, 0) is 73.8 Å². The van der Waals surface area contributed by atoms with Gasteiger partial charge in [0.2, 0.25) is 0 Å². The van der Waals surface area contributed by atoms with Crippen molar-refractivity contribution in [2.24, 2.45) is 0 Å². The summed E-state index contributed by atoms with van der Waals surface area (Å²) in [5.74, 6) is 0. The van der Waals surface area contributed by atoms with E-state index in [2.05, 4.69) is 186 Å². The maximum atomic E-state index is 3.06. The Labute approximate surface area is 285 Å². The molecule has 0 N–H and O–H groups in total. The third kappa shape index (κ3) is 7.67. The number of nitrogens with zero attached hydrogens (tertiary/aromatic N) is 1. The molecule has 4 heteroatoms. The van der Waals surface area contributed by atoms with Gasteiger partial charge in [0.1, 0.15) is 0 Å². The van der Waals surface area contributed by atoms with E-state index < -0.39 is 24.1 Å². The van der Waals surface area contributed by atoms with E-state index >= 15 is 0 Å². The van der Waals surface area contributed by atoms with Gasteiger partial charge in [-0.1, -0.05) is 182 Å². The van der Waals surface area contributed by atoms with E-state index in [1.165, 1.54) is 51.3 Å². The molecule has 0 bridgehead atoms. The molecule has 234 valence electrons. The largest absolute Gasteiger partial charge is 0.251 e. The van der Waals surface area contributed by atoms with Crippen LogP contribution in [0.3, 0.4) is 0 Å². The molecule has 47 heavy (non-hydrogen) atoms. The first-order valence-electron chi connectivity index (χ1n) is 16.8. The molecule has 7 rings (SSSR count). The van der Waals surface area contributed by atoms with Crippen molar-refractivity contribution in [2.75, 3.05) is 12.7 Å². The van der Waals surface area contributed by atoms with Gasteiger partial charge in [0.05, 0.1) is 0 Å². The zero-order valence-electron chi connectivity index (χ0n) is 26.8. The highest BCUT2D eigenvalue weighted by molar-refractivity contribution is 7.79. The van der Waals surface area contributed by atoms with Gasteiger partial charge >= 0.3 is 0 Å². The van der Waals surface area contributed by atoms with Crippen LogP contribution in [-0.2, 0) is 0 Å². The van der Waals surface area contributed by atoms with Crippen molar-refractivity contribution in [3.63, 3.8) is 0 Å². The fourth-order valence-corrected chi connectivity index (χ4v) is 16.8. The van der Waals surface area contributed by atoms with Crippen molar-refractivity contribution >= 4 is 45.3 Å². The van der Waals surface area contributed by atoms with E-state index in [0.29, 0.717) is 11.3 Å². The third-order valence-corrected chi connectivity index (χ3v) is 18.2. The van der Waals surface area contributed by atoms with Crippen LogP contribution in [0.1, 0.15) is 41.7 Å². The number of rotatable bonds is 12. The summed E-state index contributed by atoms with van der Waals surface area (Å²) in [5.41, 5.74) is 4.10. The molecule has 0 aromatic heterocycles. The molecule has 1 aliphatic heterocycles. The van der Waals surface area contributed by atoms with E-state index in [0.717, 1.165) is 13.0 Å². The Balaban J connectivity index is 1.32. The molecule has 1 aliphatic rings. The van der Waals surface area contributed by atoms with Crippen LogP contribution in [0.4, 0.5) is 0 Å². The van der Waals surface area contributed by atoms with Gasteiger partial charge in [-0.3, -0.25) is 4.44 Å². The van der Waals surface area contributed by atoms with Crippen molar-refractivity contribution in [3.8, 4) is 0 Å². The number of hydrogen-bond acceptors (Lipinski definition) is 1. The summed E-state index contributed by atoms with van der Waals surface area (Å²) >= 11 is 0. The van der Waals surface area contributed by atoms with Crippen LogP contribution in [0.25, 0.3) is 0 Å². The lowest BCUT2D eigenvalue weighted by Gasteiger charge is -2.42. The first kappa shape index (κ1) is 32.1. The third-order valence-electron chi connectivity index (χ3n) is 9.10. The Morgan fingerprint density at radius 3 is 1.17 bits per heavy atom. The second kappa shape index (κ2) is 16.1. The molecule has 1 nitrogen and oxygen atoms in total. The zero-order valence-corrected chi connectivity index (χ0v) is 29.5. The van der Waals surface area contributed by atoms with E-state index in [4.69, 9.17) is 0 Å². The molecule has 2 unspecified atom stereocenters. The molecule has 6 aromatic rings. The first-order valence-corrected chi connectivity index (χ1v) is 21.1. The topological polar surface area (TPSA) is 3.24 Å². The monoisotopic (exact) mass is 665 g/mol. The van der Waals surface area contributed by atoms with Crippen LogP contribution in [0.5, 0.6) is 0 Å². The van der Waals surface area contributed by atoms with Crippen LogP contribution >= 0.6 is 24.1 Å². The number of hydrogen-bond donors (Lipinski definition) is 0. The lowest BCUT2D eigenvalue weighted by atomic mass is 10.0. The van der Waals surface area contributed by atoms with Gasteiger partial charge in [0, 0.05) is 25.9 Å². The minimum Gasteiger partial charge on any atom is -0.251 e. The Hall–Kier alpha value is -3.43. The van der Waals surface area contributed by atoms with Crippen molar-refractivity contribution in [1.29, 1.82) is 0 Å². The standard InChI is InChI=1S/C43H42NP3/c1-7-20-36(21-8-1)42-32-33-43(37-22-9-2-10-23-37)47(42)44(46(40-28-15-5-16-29-40)41-30-17-6-18-31-41)34-19-35-45(38-24-11-3-12-25-38)39-26-13-4-14-27-39/h1-18,20-31,42-43H,19,32-35H2/t42-,43?,47?/m1/s1. The summed E-state index contributed by atoms with van der Waals surface area (Å²) in [6.07, 6.45) is 4.82. The number of benzene rings is 6. The predicted molar refractivity (Wildman–Crippen MR) is 209 cm³/mol. The van der Waals surface area contributed by atoms with Gasteiger partial charge in [0.15, 0.2) is 0 Å². The molecule has 3 atom stereocenters. The Morgan fingerprint density at radius 2 is 0.787 bits per heavy atom. The molecule has 1 fully saturated rings. The van der Waals surface area contributed by atoms with Crippen LogP contribution < -0.4 is 21.2 Å². The lowest BCUT2D eigenvalue weighted by molar-refractivity contribution is 0.673. The van der Waals surface area contributed by atoms with E-state index in [-0.39, 0.29) is 0 Å². The molecule has 0 amide bonds. The zero-order chi connectivity index (χ0) is 31.7. The van der Waals surface area contributed by atoms with Gasteiger partial charge in [-0.2, -0.15) is 0 Å². The fraction of sp³-hybridized carbons (Fsp3) is 0.163. The fourth-order valence-electron chi connectivity index (χ4n) is 6.97. The lowest BCUT2D eigenvalue weighted by Crippen LogP contribution is -2.28. The van der Waals surface area contributed by atoms with Crippen LogP contribution in [0.15, 0.2) is 182 Å². The molecule has 0 spiro atoms. The minimum atomic E-state index is -0.729. The van der Waals surface area contributed by atoms with Crippen molar-refractivity contribution in [2.45, 2.75) is 30.6 Å². The predicted octanol–water partition coefficient (Wildman–Crippen LogP) is 10.5. The molecule has 0 saturated carbocycles. The quantitative estimate of drug-likeness (QED) is 0.118. The molecule has 0 radical (unpaired) electrons. The summed E-state index contributed by atoms with van der Waals surface area (Å²) in [6, 6.07) is 68.2. The normalized spacial score (nSPS) is 17.8. The molecular formula is C43H42NP3. The van der Waals surface area contributed by atoms with Crippen molar-refractivity contribution < 1.29 is 0 Å². The highest BCUT2D eigenvalue weighted by Gasteiger charge is 2.44. The highest BCUT2D eigenvalue weighted by Crippen LogP contribution is 2.76. The van der Waals surface area contributed by atoms with E-state index in [9.17, 15) is 0 Å². The SMILES string of the molecule is c1ccc(C2CC[C@H](c3ccccc3)P2N(CCCP(c2ccccc2)c2ccccc2)P(c2ccccc2)c2ccccc2)cc1. The second-order valence-corrected chi connectivity index (χ2v) is 19.3. The molecule has 0 aliphatic carbocycles. The summed E-state index contributed by atoms with van der Waals surface area (Å²) in [5, 5.41) is 5.86. The maximum Gasteiger partial charge on any atom is 0.0318 e. The summed E-state index contributed by atoms with van der Waals surface area (Å²) in [4.78, 5) is 0. The average Bonchev–Trinajstić information content (AvgIpc) is 3.60. The van der Waals surface area contributed by atoms with E-state index in [1.807, 2.05) is 0 Å². The molecular weight excluding hydrogens is 623 g/mol. The minimum absolute atomic E-state index is 0.444. The Kier molecular flexibility index (Phi) is 11.0. The van der Waals surface area contributed by atoms with E-state index in [1.54, 1.807) is 0 Å². The summed E-state index contributed by atoms with van der Waals surface area (Å²) in [6.45, 7) is 1.09. The maximum absolute atomic E-state index is 3.06. The van der Waals surface area contributed by atoms with Gasteiger partial charge in [0.25, 0.3) is 0 Å². The van der Waals surface area contributed by atoms with Crippen LogP contribution in [0.2, 0.25) is 0 Å². The second-order valence-electron chi connectivity index (χ2n) is 12.1. The Bertz CT molecular complexity index is 1640. The average molecular weight is 666 g/mol. The summed E-state index contributed by atoms with van der Waals surface area (Å²) in [7, 11) is -1.72. The first-order chi connectivity index (χ1) is 23.4. The molecule has 1 heterocycles. The Morgan fingerprint density at radius 1 is 0.447 bits per heavy atom.